The molecule has 0 aliphatic carbocycles. The summed E-state index contributed by atoms with van der Waals surface area (Å²) in [6, 6.07) is 9.11. The monoisotopic (exact) mass is 367 g/mol. The molecule has 0 spiro atoms. The third kappa shape index (κ3) is 3.71. The van der Waals surface area contributed by atoms with E-state index in [0.717, 1.165) is 11.1 Å². The van der Waals surface area contributed by atoms with Crippen molar-refractivity contribution >= 4 is 11.8 Å². The molecule has 140 valence electrons. The lowest BCUT2D eigenvalue weighted by Crippen LogP contribution is -2.39. The molecule has 2 heterocycles. The first-order chi connectivity index (χ1) is 12.9. The van der Waals surface area contributed by atoms with Gasteiger partial charge in [-0.15, -0.1) is 0 Å². The number of anilines is 1. The molecule has 0 radical (unpaired) electrons. The molecule has 1 aliphatic heterocycles. The van der Waals surface area contributed by atoms with E-state index in [2.05, 4.69) is 11.1 Å². The van der Waals surface area contributed by atoms with Crippen molar-refractivity contribution in [1.82, 2.24) is 4.98 Å². The first-order valence-electron chi connectivity index (χ1n) is 8.53. The Morgan fingerprint density at radius 1 is 1.33 bits per heavy atom. The van der Waals surface area contributed by atoms with Crippen molar-refractivity contribution in [2.45, 2.75) is 39.2 Å². The van der Waals surface area contributed by atoms with E-state index in [1.165, 1.54) is 12.0 Å². The number of benzene rings is 1. The van der Waals surface area contributed by atoms with E-state index < -0.39 is 18.0 Å². The summed E-state index contributed by atoms with van der Waals surface area (Å²) < 4.78 is 16.7. The SMILES string of the molecule is COC(=O)N(Cc1ccc(C#N)cc1)c1cncc2c1C(C)(C)OC(C)O2. The van der Waals surface area contributed by atoms with Gasteiger partial charge in [0.05, 0.1) is 54.5 Å². The smallest absolute Gasteiger partial charge is 0.414 e. The minimum atomic E-state index is -0.678. The Morgan fingerprint density at radius 3 is 2.67 bits per heavy atom. The van der Waals surface area contributed by atoms with E-state index >= 15 is 0 Å². The van der Waals surface area contributed by atoms with E-state index in [9.17, 15) is 4.79 Å². The van der Waals surface area contributed by atoms with Crippen LogP contribution in [0.1, 0.15) is 37.5 Å². The van der Waals surface area contributed by atoms with Crippen molar-refractivity contribution in [3.05, 3.63) is 53.3 Å². The second kappa shape index (κ2) is 7.25. The van der Waals surface area contributed by atoms with Crippen LogP contribution in [0.4, 0.5) is 10.5 Å². The summed E-state index contributed by atoms with van der Waals surface area (Å²) >= 11 is 0. The fourth-order valence-corrected chi connectivity index (χ4v) is 3.23. The van der Waals surface area contributed by atoms with Crippen LogP contribution in [0.5, 0.6) is 5.75 Å². The van der Waals surface area contributed by atoms with Gasteiger partial charge in [-0.3, -0.25) is 9.88 Å². The standard InChI is InChI=1S/C20H21N3O4/c1-13-26-17-11-22-10-16(18(17)20(2,3)27-13)23(19(24)25-4)12-15-7-5-14(9-21)6-8-15/h5-8,10-11,13H,12H2,1-4H3. The van der Waals surface area contributed by atoms with E-state index in [-0.39, 0.29) is 6.54 Å². The zero-order valence-electron chi connectivity index (χ0n) is 15.7. The lowest BCUT2D eigenvalue weighted by molar-refractivity contribution is -0.172. The maximum atomic E-state index is 12.5. The van der Waals surface area contributed by atoms with Crippen molar-refractivity contribution in [2.75, 3.05) is 12.0 Å². The van der Waals surface area contributed by atoms with Gasteiger partial charge in [-0.25, -0.2) is 4.79 Å². The number of amides is 1. The average molecular weight is 367 g/mol. The average Bonchev–Trinajstić information content (AvgIpc) is 2.64. The van der Waals surface area contributed by atoms with E-state index in [4.69, 9.17) is 19.5 Å². The van der Waals surface area contributed by atoms with Crippen molar-refractivity contribution in [1.29, 1.82) is 5.26 Å². The summed E-state index contributed by atoms with van der Waals surface area (Å²) in [5, 5.41) is 8.96. The molecule has 0 saturated carbocycles. The molecular weight excluding hydrogens is 346 g/mol. The number of nitrogens with zero attached hydrogens (tertiary/aromatic N) is 3. The molecule has 0 fully saturated rings. The molecule has 2 aromatic rings. The first kappa shape index (κ1) is 18.7. The number of pyridine rings is 1. The number of ether oxygens (including phenoxy) is 3. The molecule has 1 unspecified atom stereocenters. The molecule has 1 aromatic carbocycles. The van der Waals surface area contributed by atoms with Gasteiger partial charge in [0.15, 0.2) is 6.29 Å². The van der Waals surface area contributed by atoms with Crippen LogP contribution in [0.2, 0.25) is 0 Å². The third-order valence-electron chi connectivity index (χ3n) is 4.36. The number of methoxy groups -OCH3 is 1. The van der Waals surface area contributed by atoms with Crippen molar-refractivity contribution < 1.29 is 19.0 Å². The summed E-state index contributed by atoms with van der Waals surface area (Å²) in [6.07, 6.45) is 2.28. The van der Waals surface area contributed by atoms with Crippen LogP contribution >= 0.6 is 0 Å². The molecule has 1 atom stereocenters. The number of nitriles is 1. The highest BCUT2D eigenvalue weighted by molar-refractivity contribution is 5.89. The van der Waals surface area contributed by atoms with Crippen LogP contribution in [0, 0.1) is 11.3 Å². The van der Waals surface area contributed by atoms with E-state index in [0.29, 0.717) is 17.0 Å². The summed E-state index contributed by atoms with van der Waals surface area (Å²) in [4.78, 5) is 18.3. The van der Waals surface area contributed by atoms with E-state index in [1.807, 2.05) is 20.8 Å². The van der Waals surface area contributed by atoms with Crippen LogP contribution in [-0.4, -0.2) is 24.5 Å². The highest BCUT2D eigenvalue weighted by Crippen LogP contribution is 2.44. The van der Waals surface area contributed by atoms with Crippen LogP contribution in [-0.2, 0) is 21.6 Å². The lowest BCUT2D eigenvalue weighted by Gasteiger charge is -2.39. The molecule has 7 nitrogen and oxygen atoms in total. The largest absolute Gasteiger partial charge is 0.463 e. The predicted molar refractivity (Wildman–Crippen MR) is 98.2 cm³/mol. The molecule has 0 saturated heterocycles. The van der Waals surface area contributed by atoms with E-state index in [1.54, 1.807) is 36.7 Å². The summed E-state index contributed by atoms with van der Waals surface area (Å²) in [7, 11) is 1.33. The maximum absolute atomic E-state index is 12.5. The van der Waals surface area contributed by atoms with Gasteiger partial charge in [0.1, 0.15) is 5.75 Å². The Balaban J connectivity index is 2.05. The Kier molecular flexibility index (Phi) is 5.02. The Morgan fingerprint density at radius 2 is 2.04 bits per heavy atom. The zero-order valence-corrected chi connectivity index (χ0v) is 15.7. The van der Waals surface area contributed by atoms with Crippen LogP contribution in [0.15, 0.2) is 36.7 Å². The number of fused-ring (bicyclic) bond motifs is 1. The Labute approximate surface area is 158 Å². The number of rotatable bonds is 3. The summed E-state index contributed by atoms with van der Waals surface area (Å²) in [5.41, 5.74) is 2.01. The van der Waals surface area contributed by atoms with Crippen molar-refractivity contribution in [2.24, 2.45) is 0 Å². The Hall–Kier alpha value is -3.11. The van der Waals surface area contributed by atoms with Crippen molar-refractivity contribution in [3.8, 4) is 11.8 Å². The van der Waals surface area contributed by atoms with Gasteiger partial charge in [0, 0.05) is 0 Å². The summed E-state index contributed by atoms with van der Waals surface area (Å²) in [5.74, 6) is 0.574. The highest BCUT2D eigenvalue weighted by Gasteiger charge is 2.38. The molecule has 3 rings (SSSR count). The van der Waals surface area contributed by atoms with Gasteiger partial charge in [-0.05, 0) is 38.5 Å². The fraction of sp³-hybridized carbons (Fsp3) is 0.350. The first-order valence-corrected chi connectivity index (χ1v) is 8.53. The number of hydrogen-bond donors (Lipinski definition) is 0. The van der Waals surface area contributed by atoms with Gasteiger partial charge in [-0.2, -0.15) is 5.26 Å². The predicted octanol–water partition coefficient (Wildman–Crippen LogP) is 3.72. The molecule has 7 heteroatoms. The highest BCUT2D eigenvalue weighted by atomic mass is 16.7. The number of carbonyl (C=O) groups excluding carboxylic acids is 1. The molecule has 0 bridgehead atoms. The van der Waals surface area contributed by atoms with Crippen molar-refractivity contribution in [3.63, 3.8) is 0 Å². The van der Waals surface area contributed by atoms with Crippen LogP contribution in [0.3, 0.4) is 0 Å². The maximum Gasteiger partial charge on any atom is 0.414 e. The topological polar surface area (TPSA) is 84.7 Å². The quantitative estimate of drug-likeness (QED) is 0.822. The minimum absolute atomic E-state index is 0.252. The zero-order chi connectivity index (χ0) is 19.6. The molecule has 0 N–H and O–H groups in total. The second-order valence-corrected chi connectivity index (χ2v) is 6.71. The minimum Gasteiger partial charge on any atom is -0.463 e. The number of aromatic nitrogens is 1. The second-order valence-electron chi connectivity index (χ2n) is 6.71. The number of hydrogen-bond acceptors (Lipinski definition) is 6. The van der Waals surface area contributed by atoms with Crippen LogP contribution < -0.4 is 9.64 Å². The van der Waals surface area contributed by atoms with Crippen LogP contribution in [0.25, 0.3) is 0 Å². The third-order valence-corrected chi connectivity index (χ3v) is 4.36. The molecular formula is C20H21N3O4. The van der Waals surface area contributed by atoms with Gasteiger partial charge < -0.3 is 14.2 Å². The molecule has 1 aliphatic rings. The molecule has 1 amide bonds. The number of carbonyl (C=O) groups is 1. The Bertz CT molecular complexity index is 887. The normalized spacial score (nSPS) is 17.2. The fourth-order valence-electron chi connectivity index (χ4n) is 3.23. The van der Waals surface area contributed by atoms with Gasteiger partial charge in [0.2, 0.25) is 0 Å². The van der Waals surface area contributed by atoms with Gasteiger partial charge in [-0.1, -0.05) is 12.1 Å². The van der Waals surface area contributed by atoms with Gasteiger partial charge in [0.25, 0.3) is 0 Å². The lowest BCUT2D eigenvalue weighted by atomic mass is 9.94. The molecule has 1 aromatic heterocycles. The summed E-state index contributed by atoms with van der Waals surface area (Å²) in [6.45, 7) is 5.91. The molecule has 27 heavy (non-hydrogen) atoms. The van der Waals surface area contributed by atoms with Gasteiger partial charge >= 0.3 is 6.09 Å².